The van der Waals surface area contributed by atoms with Crippen LogP contribution in [0.5, 0.6) is 0 Å². The summed E-state index contributed by atoms with van der Waals surface area (Å²) in [5.41, 5.74) is -1.73. The Bertz CT molecular complexity index is 466. The smallest absolute Gasteiger partial charge is 0.337 e. The predicted octanol–water partition coefficient (Wildman–Crippen LogP) is 1.69. The molecular weight excluding hydrogens is 220 g/mol. The summed E-state index contributed by atoms with van der Waals surface area (Å²) in [4.78, 5) is 10.7. The van der Waals surface area contributed by atoms with Gasteiger partial charge < -0.3 is 10.2 Å². The largest absolute Gasteiger partial charge is 0.478 e. The number of hydrogen-bond donors (Lipinski definition) is 2. The van der Waals surface area contributed by atoms with Crippen molar-refractivity contribution in [2.45, 2.75) is 13.0 Å². The van der Waals surface area contributed by atoms with Gasteiger partial charge >= 0.3 is 5.97 Å². The van der Waals surface area contributed by atoms with Crippen LogP contribution in [0.1, 0.15) is 33.5 Å². The second-order valence-corrected chi connectivity index (χ2v) is 2.98. The highest BCUT2D eigenvalue weighted by molar-refractivity contribution is 5.91. The highest BCUT2D eigenvalue weighted by Crippen LogP contribution is 2.26. The molecule has 0 saturated heterocycles. The molecule has 1 aromatic carbocycles. The molecule has 84 valence electrons. The van der Waals surface area contributed by atoms with Gasteiger partial charge in [0.2, 0.25) is 0 Å². The van der Waals surface area contributed by atoms with Crippen molar-refractivity contribution in [3.8, 4) is 6.07 Å². The van der Waals surface area contributed by atoms with Crippen LogP contribution in [0, 0.1) is 11.3 Å². The Hall–Kier alpha value is -2.00. The zero-order chi connectivity index (χ0) is 12.3. The highest BCUT2D eigenvalue weighted by Gasteiger charge is 2.21. The van der Waals surface area contributed by atoms with Gasteiger partial charge in [-0.1, -0.05) is 0 Å². The number of carbonyl (C=O) groups is 1. The van der Waals surface area contributed by atoms with Crippen LogP contribution >= 0.6 is 0 Å². The number of aliphatic hydroxyl groups excluding tert-OH is 1. The number of alkyl halides is 2. The minimum atomic E-state index is -2.96. The molecule has 4 nitrogen and oxygen atoms in total. The highest BCUT2D eigenvalue weighted by atomic mass is 19.3. The SMILES string of the molecule is N#Cc1c(C(=O)O)cc(CO)cc1C(F)F. The van der Waals surface area contributed by atoms with Gasteiger partial charge in [0.25, 0.3) is 6.43 Å². The standard InChI is InChI=1S/C10H7F2NO3/c11-9(12)6-1-5(4-14)2-7(10(15)16)8(6)3-13/h1-2,9,14H,4H2,(H,15,16). The van der Waals surface area contributed by atoms with E-state index in [-0.39, 0.29) is 5.56 Å². The van der Waals surface area contributed by atoms with Crippen LogP contribution in [0.15, 0.2) is 12.1 Å². The molecule has 0 aliphatic heterocycles. The molecule has 0 unspecified atom stereocenters. The van der Waals surface area contributed by atoms with Crippen molar-refractivity contribution in [3.63, 3.8) is 0 Å². The zero-order valence-corrected chi connectivity index (χ0v) is 7.94. The minimum Gasteiger partial charge on any atom is -0.478 e. The average molecular weight is 227 g/mol. The van der Waals surface area contributed by atoms with Gasteiger partial charge in [-0.3, -0.25) is 0 Å². The Morgan fingerprint density at radius 2 is 2.12 bits per heavy atom. The van der Waals surface area contributed by atoms with E-state index in [4.69, 9.17) is 15.5 Å². The second kappa shape index (κ2) is 4.68. The molecule has 0 saturated carbocycles. The summed E-state index contributed by atoms with van der Waals surface area (Å²) in [5, 5.41) is 26.2. The molecule has 0 aliphatic rings. The van der Waals surface area contributed by atoms with Crippen LogP contribution in [0.4, 0.5) is 8.78 Å². The monoisotopic (exact) mass is 227 g/mol. The Balaban J connectivity index is 3.54. The van der Waals surface area contributed by atoms with Crippen molar-refractivity contribution in [1.29, 1.82) is 5.26 Å². The first-order chi connectivity index (χ1) is 7.51. The van der Waals surface area contributed by atoms with Gasteiger partial charge in [0, 0.05) is 5.56 Å². The fourth-order valence-corrected chi connectivity index (χ4v) is 1.28. The van der Waals surface area contributed by atoms with Crippen molar-refractivity contribution in [1.82, 2.24) is 0 Å². The maximum Gasteiger partial charge on any atom is 0.337 e. The summed E-state index contributed by atoms with van der Waals surface area (Å²) in [6, 6.07) is 3.37. The summed E-state index contributed by atoms with van der Waals surface area (Å²) in [6.07, 6.45) is -2.96. The van der Waals surface area contributed by atoms with E-state index in [1.165, 1.54) is 6.07 Å². The third-order valence-electron chi connectivity index (χ3n) is 1.99. The lowest BCUT2D eigenvalue weighted by Crippen LogP contribution is -2.06. The molecule has 1 rings (SSSR count). The minimum absolute atomic E-state index is 0.0340. The first-order valence-corrected chi connectivity index (χ1v) is 4.20. The van der Waals surface area contributed by atoms with Crippen LogP contribution in [0.2, 0.25) is 0 Å². The van der Waals surface area contributed by atoms with Crippen LogP contribution in [-0.2, 0) is 6.61 Å². The van der Waals surface area contributed by atoms with Gasteiger partial charge in [0.05, 0.1) is 17.7 Å². The van der Waals surface area contributed by atoms with Crippen LogP contribution in [0.25, 0.3) is 0 Å². The third-order valence-corrected chi connectivity index (χ3v) is 1.99. The van der Waals surface area contributed by atoms with Gasteiger partial charge in [0.15, 0.2) is 0 Å². The van der Waals surface area contributed by atoms with Gasteiger partial charge in [-0.2, -0.15) is 5.26 Å². The average Bonchev–Trinajstić information content (AvgIpc) is 2.26. The lowest BCUT2D eigenvalue weighted by atomic mass is 9.98. The molecule has 0 aliphatic carbocycles. The first kappa shape index (κ1) is 12.1. The van der Waals surface area contributed by atoms with E-state index in [0.29, 0.717) is 0 Å². The summed E-state index contributed by atoms with van der Waals surface area (Å²) >= 11 is 0. The molecule has 2 N–H and O–H groups in total. The quantitative estimate of drug-likeness (QED) is 0.823. The summed E-state index contributed by atoms with van der Waals surface area (Å²) in [6.45, 7) is -0.564. The molecule has 0 amide bonds. The summed E-state index contributed by atoms with van der Waals surface area (Å²) in [7, 11) is 0. The first-order valence-electron chi connectivity index (χ1n) is 4.20. The van der Waals surface area contributed by atoms with Crippen molar-refractivity contribution in [2.24, 2.45) is 0 Å². The van der Waals surface area contributed by atoms with Crippen molar-refractivity contribution in [3.05, 3.63) is 34.4 Å². The Morgan fingerprint density at radius 1 is 1.50 bits per heavy atom. The topological polar surface area (TPSA) is 81.3 Å². The number of aliphatic hydroxyl groups is 1. The number of nitriles is 1. The molecule has 0 spiro atoms. The number of carboxylic acid groups (broad SMARTS) is 1. The van der Waals surface area contributed by atoms with E-state index in [2.05, 4.69) is 0 Å². The number of hydrogen-bond acceptors (Lipinski definition) is 3. The van der Waals surface area contributed by atoms with E-state index in [0.717, 1.165) is 12.1 Å². The number of aromatic carboxylic acids is 1. The second-order valence-electron chi connectivity index (χ2n) is 2.98. The summed E-state index contributed by atoms with van der Waals surface area (Å²) in [5.74, 6) is -1.48. The molecule has 0 bridgehead atoms. The lowest BCUT2D eigenvalue weighted by molar-refractivity contribution is 0.0696. The van der Waals surface area contributed by atoms with Crippen LogP contribution < -0.4 is 0 Å². The fourth-order valence-electron chi connectivity index (χ4n) is 1.28. The molecule has 0 atom stereocenters. The van der Waals surface area contributed by atoms with Gasteiger partial charge in [-0.25, -0.2) is 13.6 Å². The molecule has 6 heteroatoms. The summed E-state index contributed by atoms with van der Waals surface area (Å²) < 4.78 is 25.1. The molecule has 0 radical (unpaired) electrons. The van der Waals surface area contributed by atoms with Gasteiger partial charge in [0.1, 0.15) is 6.07 Å². The Morgan fingerprint density at radius 3 is 2.50 bits per heavy atom. The normalized spacial score (nSPS) is 10.2. The molecule has 1 aromatic rings. The fraction of sp³-hybridized carbons (Fsp3) is 0.200. The third kappa shape index (κ3) is 2.15. The van der Waals surface area contributed by atoms with Crippen LogP contribution in [0.3, 0.4) is 0 Å². The molecule has 16 heavy (non-hydrogen) atoms. The molecular formula is C10H7F2NO3. The number of nitrogens with zero attached hydrogens (tertiary/aromatic N) is 1. The predicted molar refractivity (Wildman–Crippen MR) is 49.0 cm³/mol. The van der Waals surface area contributed by atoms with Crippen LogP contribution in [-0.4, -0.2) is 16.2 Å². The molecule has 0 heterocycles. The Labute approximate surface area is 89.4 Å². The van der Waals surface area contributed by atoms with Gasteiger partial charge in [-0.15, -0.1) is 0 Å². The van der Waals surface area contributed by atoms with Crippen molar-refractivity contribution in [2.75, 3.05) is 0 Å². The maximum atomic E-state index is 12.5. The maximum absolute atomic E-state index is 12.5. The Kier molecular flexibility index (Phi) is 3.53. The van der Waals surface area contributed by atoms with E-state index < -0.39 is 35.7 Å². The van der Waals surface area contributed by atoms with E-state index in [1.807, 2.05) is 0 Å². The lowest BCUT2D eigenvalue weighted by Gasteiger charge is -2.08. The number of rotatable bonds is 3. The van der Waals surface area contributed by atoms with E-state index in [1.54, 1.807) is 0 Å². The van der Waals surface area contributed by atoms with E-state index >= 15 is 0 Å². The zero-order valence-electron chi connectivity index (χ0n) is 7.94. The molecule has 0 fully saturated rings. The number of halogens is 2. The number of carboxylic acids is 1. The number of benzene rings is 1. The van der Waals surface area contributed by atoms with Crippen molar-refractivity contribution < 1.29 is 23.8 Å². The van der Waals surface area contributed by atoms with Gasteiger partial charge in [-0.05, 0) is 17.7 Å². The van der Waals surface area contributed by atoms with E-state index in [9.17, 15) is 13.6 Å². The van der Waals surface area contributed by atoms with Crippen molar-refractivity contribution >= 4 is 5.97 Å². The molecule has 0 aromatic heterocycles.